The van der Waals surface area contributed by atoms with E-state index in [1.807, 2.05) is 77.8 Å². The molecule has 82 heavy (non-hydrogen) atoms. The van der Waals surface area contributed by atoms with E-state index in [0.717, 1.165) is 125 Å². The molecule has 8 aromatic rings. The summed E-state index contributed by atoms with van der Waals surface area (Å²) in [7, 11) is 3.73. The van der Waals surface area contributed by atoms with Crippen molar-refractivity contribution < 1.29 is 35.9 Å². The fourth-order valence-electron chi connectivity index (χ4n) is 11.9. The number of carbonyl (C=O) groups excluding carboxylic acids is 2. The van der Waals surface area contributed by atoms with Gasteiger partial charge in [-0.05, 0) is 132 Å². The lowest BCUT2D eigenvalue weighted by Crippen LogP contribution is -2.36. The van der Waals surface area contributed by atoms with Crippen molar-refractivity contribution in [3.05, 3.63) is 139 Å². The number of fused-ring (bicyclic) bond motifs is 8. The van der Waals surface area contributed by atoms with Crippen LogP contribution in [0.15, 0.2) is 138 Å². The van der Waals surface area contributed by atoms with Crippen molar-refractivity contribution in [3.63, 3.8) is 0 Å². The maximum Gasteiger partial charge on any atom is 0.262 e. The van der Waals surface area contributed by atoms with E-state index in [-0.39, 0.29) is 33.2 Å². The molecule has 4 aromatic heterocycles. The van der Waals surface area contributed by atoms with E-state index in [9.17, 15) is 26.4 Å². The third kappa shape index (κ3) is 10.5. The highest BCUT2D eigenvalue weighted by molar-refractivity contribution is 7.92. The quantitative estimate of drug-likeness (QED) is 0.0812. The fraction of sp³-hybridized carbons (Fsp3) is 0.323. The van der Waals surface area contributed by atoms with Gasteiger partial charge in [0.1, 0.15) is 5.69 Å². The van der Waals surface area contributed by atoms with Crippen LogP contribution in [0.4, 0.5) is 17.1 Å². The highest BCUT2D eigenvalue weighted by atomic mass is 32.2. The van der Waals surface area contributed by atoms with Crippen LogP contribution < -0.4 is 29.1 Å². The number of likely N-dealkylation sites (N-methyl/N-ethyl adjacent to an activating group) is 2. The van der Waals surface area contributed by atoms with Crippen LogP contribution in [0.2, 0.25) is 0 Å². The molecule has 2 aliphatic heterocycles. The maximum atomic E-state index is 13.5. The van der Waals surface area contributed by atoms with E-state index < -0.39 is 30.9 Å². The van der Waals surface area contributed by atoms with E-state index in [0.29, 0.717) is 35.8 Å². The molecule has 424 valence electrons. The van der Waals surface area contributed by atoms with Gasteiger partial charge in [-0.1, -0.05) is 61.4 Å². The topological polar surface area (TPSA) is 223 Å². The predicted molar refractivity (Wildman–Crippen MR) is 319 cm³/mol. The van der Waals surface area contributed by atoms with E-state index in [4.69, 9.17) is 14.6 Å². The molecule has 18 nitrogen and oxygen atoms in total. The Morgan fingerprint density at radius 2 is 1.07 bits per heavy atom. The van der Waals surface area contributed by atoms with Crippen LogP contribution in [0, 0.1) is 0 Å². The Hall–Kier alpha value is -7.88. The van der Waals surface area contributed by atoms with Crippen LogP contribution in [0.1, 0.15) is 62.5 Å². The number of nitrogens with zero attached hydrogens (tertiary/aromatic N) is 8. The molecular formula is C62H66N10O8S2. The van der Waals surface area contributed by atoms with Gasteiger partial charge in [0, 0.05) is 83.7 Å². The zero-order valence-electron chi connectivity index (χ0n) is 46.8. The van der Waals surface area contributed by atoms with Gasteiger partial charge in [0.05, 0.1) is 68.6 Å². The Morgan fingerprint density at radius 3 is 1.61 bits per heavy atom. The summed E-state index contributed by atoms with van der Waals surface area (Å²) in [5.74, 6) is 0.829. The first-order valence-electron chi connectivity index (χ1n) is 27.5. The number of sulfonamides is 2. The van der Waals surface area contributed by atoms with Gasteiger partial charge < -0.3 is 29.1 Å². The number of nitrogens with two attached hydrogens (primary N) is 1. The number of pyridine rings is 4. The Labute approximate surface area is 478 Å². The summed E-state index contributed by atoms with van der Waals surface area (Å²) in [6, 6.07) is 30.4. The smallest absolute Gasteiger partial charge is 0.262 e. The lowest BCUT2D eigenvalue weighted by atomic mass is 9.78. The molecule has 2 amide bonds. The number of ether oxygens (including phenoxy) is 2. The molecule has 0 bridgehead atoms. The molecule has 2 saturated carbocycles. The number of aromatic nitrogens is 4. The number of amides is 2. The number of rotatable bonds is 17. The number of carbonyl (C=O) groups is 2. The third-order valence-electron chi connectivity index (χ3n) is 16.1. The fourth-order valence-corrected chi connectivity index (χ4v) is 13.7. The normalized spacial score (nSPS) is 15.9. The molecule has 4 aliphatic rings. The minimum Gasteiger partial charge on any atom is -0.477 e. The van der Waals surface area contributed by atoms with Gasteiger partial charge in [0.25, 0.3) is 10.0 Å². The highest BCUT2D eigenvalue weighted by Gasteiger charge is 2.59. The van der Waals surface area contributed by atoms with Gasteiger partial charge in [-0.2, -0.15) is 0 Å². The standard InChI is InChI=1S/C32H35N5O4S.C30H31N5O4S/c1-36(2)15-8-16-41-30-24(23-9-4-5-10-28(23)42(33,39)40)18-22(19-35-30)21-11-12-26-25(17-21)29-27(20-34-26)37(3)31(38)32(29)13-6-7-14-32;1-34(2)14-7-15-39-28-25(33-40(37,38)22-8-5-4-6-9-22)17-21(18-32-28)20-10-11-24-23(16-20)27-26(19-31-24)35(3)29(36)30(27)12-13-30/h4-5,9-12,17-20H,6-8,13-16H2,1-3H3,(H2,33,39,40);4-6,8-11,16-19,33H,7,12-15H2,1-3H3. The predicted octanol–water partition coefficient (Wildman–Crippen LogP) is 9.17. The highest BCUT2D eigenvalue weighted by Crippen LogP contribution is 2.59. The molecule has 2 spiro atoms. The number of anilines is 3. The number of hydrogen-bond acceptors (Lipinski definition) is 14. The van der Waals surface area contributed by atoms with Crippen molar-refractivity contribution in [2.45, 2.75) is 72.0 Å². The van der Waals surface area contributed by atoms with Gasteiger partial charge in [-0.25, -0.2) is 31.9 Å². The molecule has 0 radical (unpaired) electrons. The van der Waals surface area contributed by atoms with Crippen molar-refractivity contribution in [2.75, 3.05) is 83.1 Å². The van der Waals surface area contributed by atoms with Crippen LogP contribution in [0.25, 0.3) is 55.2 Å². The minimum absolute atomic E-state index is 0.00680. The molecule has 6 heterocycles. The number of hydrogen-bond donors (Lipinski definition) is 2. The Morgan fingerprint density at radius 1 is 0.573 bits per heavy atom. The van der Waals surface area contributed by atoms with Gasteiger partial charge in [-0.15, -0.1) is 0 Å². The Bertz CT molecular complexity index is 4040. The van der Waals surface area contributed by atoms with E-state index in [1.54, 1.807) is 90.0 Å². The van der Waals surface area contributed by atoms with Crippen molar-refractivity contribution in [1.29, 1.82) is 0 Å². The van der Waals surface area contributed by atoms with E-state index in [2.05, 4.69) is 40.5 Å². The van der Waals surface area contributed by atoms with Crippen LogP contribution >= 0.6 is 0 Å². The second-order valence-electron chi connectivity index (χ2n) is 22.2. The first-order valence-corrected chi connectivity index (χ1v) is 30.5. The van der Waals surface area contributed by atoms with Crippen LogP contribution in [-0.2, 0) is 40.5 Å². The molecule has 3 N–H and O–H groups in total. The van der Waals surface area contributed by atoms with Gasteiger partial charge in [0.15, 0.2) is 0 Å². The molecule has 2 aliphatic carbocycles. The lowest BCUT2D eigenvalue weighted by molar-refractivity contribution is -0.122. The van der Waals surface area contributed by atoms with Crippen molar-refractivity contribution in [1.82, 2.24) is 29.7 Å². The van der Waals surface area contributed by atoms with Gasteiger partial charge in [0.2, 0.25) is 33.6 Å². The van der Waals surface area contributed by atoms with Crippen molar-refractivity contribution in [3.8, 4) is 45.1 Å². The molecular weight excluding hydrogens is 1080 g/mol. The first-order chi connectivity index (χ1) is 39.3. The summed E-state index contributed by atoms with van der Waals surface area (Å²) in [5.41, 5.74) is 8.96. The largest absolute Gasteiger partial charge is 0.477 e. The summed E-state index contributed by atoms with van der Waals surface area (Å²) in [5, 5.41) is 7.50. The second-order valence-corrected chi connectivity index (χ2v) is 25.4. The zero-order chi connectivity index (χ0) is 57.7. The summed E-state index contributed by atoms with van der Waals surface area (Å²) in [4.78, 5) is 52.8. The minimum atomic E-state index is -4.01. The molecule has 0 saturated heterocycles. The lowest BCUT2D eigenvalue weighted by Gasteiger charge is -2.23. The summed E-state index contributed by atoms with van der Waals surface area (Å²) >= 11 is 0. The summed E-state index contributed by atoms with van der Waals surface area (Å²) < 4.78 is 66.2. The van der Waals surface area contributed by atoms with Crippen LogP contribution in [0.3, 0.4) is 0 Å². The van der Waals surface area contributed by atoms with Crippen molar-refractivity contribution >= 4 is 70.7 Å². The van der Waals surface area contributed by atoms with Gasteiger partial charge >= 0.3 is 0 Å². The summed E-state index contributed by atoms with van der Waals surface area (Å²) in [6.45, 7) is 2.49. The SMILES string of the molecule is CN(C)CCCOc1ncc(-c2ccc3ncc4c(c3c2)C2(CC2)C(=O)N4C)cc1NS(=O)(=O)c1ccccc1.CN(C)CCCOc1ncc(-c2ccc3ncc4c(c3c2)C2(CCCC2)C(=O)N4C)cc1-c1ccccc1S(N)(=O)=O. The maximum absolute atomic E-state index is 13.5. The van der Waals surface area contributed by atoms with Crippen LogP contribution in [-0.4, -0.2) is 127 Å². The van der Waals surface area contributed by atoms with E-state index >= 15 is 0 Å². The average Bonchev–Trinajstić information content (AvgIpc) is 4.23. The molecule has 0 atom stereocenters. The zero-order valence-corrected chi connectivity index (χ0v) is 48.5. The molecule has 12 rings (SSSR count). The van der Waals surface area contributed by atoms with Crippen molar-refractivity contribution in [2.24, 2.45) is 5.14 Å². The molecule has 2 fully saturated rings. The number of benzene rings is 4. The second kappa shape index (κ2) is 22.1. The average molecular weight is 1140 g/mol. The summed E-state index contributed by atoms with van der Waals surface area (Å²) in [6.07, 6.45) is 13.9. The molecule has 4 aromatic carbocycles. The third-order valence-corrected chi connectivity index (χ3v) is 18.5. The van der Waals surface area contributed by atoms with E-state index in [1.165, 1.54) is 6.07 Å². The van der Waals surface area contributed by atoms with Gasteiger partial charge in [-0.3, -0.25) is 24.3 Å². The number of nitrogens with one attached hydrogen (secondary N) is 1. The monoisotopic (exact) mass is 1140 g/mol. The Kier molecular flexibility index (Phi) is 15.1. The molecule has 20 heteroatoms. The number of primary sulfonamides is 1. The molecule has 0 unspecified atom stereocenters. The first kappa shape index (κ1) is 56.0. The Balaban J connectivity index is 0.000000172. The van der Waals surface area contributed by atoms with Crippen LogP contribution in [0.5, 0.6) is 11.8 Å².